The summed E-state index contributed by atoms with van der Waals surface area (Å²) in [5.74, 6) is 0.155. The quantitative estimate of drug-likeness (QED) is 0.695. The van der Waals surface area contributed by atoms with Gasteiger partial charge in [0.15, 0.2) is 0 Å². The van der Waals surface area contributed by atoms with Crippen LogP contribution in [0.1, 0.15) is 26.2 Å². The van der Waals surface area contributed by atoms with Gasteiger partial charge in [0.2, 0.25) is 11.8 Å². The Hall–Kier alpha value is -0.850. The SMILES string of the molecule is C[C@H]1OCCN[C@@H]1C(=O)N1C2CCC1CC(=O)NC2.Cl. The van der Waals surface area contributed by atoms with Crippen LogP contribution in [0.4, 0.5) is 0 Å². The van der Waals surface area contributed by atoms with Gasteiger partial charge in [-0.3, -0.25) is 9.59 Å². The first-order chi connectivity index (χ1) is 9.16. The summed E-state index contributed by atoms with van der Waals surface area (Å²) in [6.07, 6.45) is 2.25. The molecule has 4 atom stereocenters. The van der Waals surface area contributed by atoms with E-state index in [1.165, 1.54) is 0 Å². The number of amides is 2. The third-order valence-electron chi connectivity index (χ3n) is 4.41. The van der Waals surface area contributed by atoms with E-state index in [4.69, 9.17) is 4.74 Å². The van der Waals surface area contributed by atoms with Crippen LogP contribution in [0.2, 0.25) is 0 Å². The van der Waals surface area contributed by atoms with Crippen LogP contribution in [0.15, 0.2) is 0 Å². The van der Waals surface area contributed by atoms with E-state index in [2.05, 4.69) is 10.6 Å². The Bertz CT molecular complexity index is 393. The zero-order chi connectivity index (χ0) is 13.4. The molecule has 0 saturated carbocycles. The number of fused-ring (bicyclic) bond motifs is 2. The molecule has 3 aliphatic heterocycles. The van der Waals surface area contributed by atoms with Crippen LogP contribution in [-0.2, 0) is 14.3 Å². The third kappa shape index (κ3) is 2.77. The van der Waals surface area contributed by atoms with Crippen LogP contribution in [0.3, 0.4) is 0 Å². The predicted octanol–water partition coefficient (Wildman–Crippen LogP) is -0.335. The molecule has 0 spiro atoms. The molecule has 114 valence electrons. The van der Waals surface area contributed by atoms with Gasteiger partial charge in [0, 0.05) is 31.6 Å². The fourth-order valence-electron chi connectivity index (χ4n) is 3.41. The van der Waals surface area contributed by atoms with E-state index in [0.29, 0.717) is 26.1 Å². The molecule has 3 fully saturated rings. The lowest BCUT2D eigenvalue weighted by Gasteiger charge is -2.36. The van der Waals surface area contributed by atoms with E-state index >= 15 is 0 Å². The molecule has 3 heterocycles. The number of nitrogens with one attached hydrogen (secondary N) is 2. The minimum Gasteiger partial charge on any atom is -0.375 e. The topological polar surface area (TPSA) is 70.7 Å². The van der Waals surface area contributed by atoms with E-state index in [-0.39, 0.29) is 48.5 Å². The van der Waals surface area contributed by atoms with Gasteiger partial charge in [0.1, 0.15) is 6.04 Å². The Morgan fingerprint density at radius 1 is 1.35 bits per heavy atom. The molecule has 0 aromatic carbocycles. The molecule has 2 bridgehead atoms. The van der Waals surface area contributed by atoms with Gasteiger partial charge in [-0.15, -0.1) is 12.4 Å². The number of rotatable bonds is 1. The number of carbonyl (C=O) groups excluding carboxylic acids is 2. The lowest BCUT2D eigenvalue weighted by molar-refractivity contribution is -0.142. The van der Waals surface area contributed by atoms with Crippen molar-refractivity contribution in [2.75, 3.05) is 19.7 Å². The van der Waals surface area contributed by atoms with E-state index in [1.54, 1.807) is 0 Å². The third-order valence-corrected chi connectivity index (χ3v) is 4.41. The van der Waals surface area contributed by atoms with Crippen molar-refractivity contribution in [2.45, 2.75) is 50.4 Å². The van der Waals surface area contributed by atoms with E-state index in [9.17, 15) is 9.59 Å². The molecule has 0 aliphatic carbocycles. The van der Waals surface area contributed by atoms with Crippen LogP contribution >= 0.6 is 12.4 Å². The summed E-state index contributed by atoms with van der Waals surface area (Å²) in [6.45, 7) is 3.87. The van der Waals surface area contributed by atoms with Gasteiger partial charge in [0.05, 0.1) is 12.7 Å². The molecule has 3 aliphatic rings. The zero-order valence-corrected chi connectivity index (χ0v) is 12.4. The number of morpholine rings is 1. The van der Waals surface area contributed by atoms with Crippen molar-refractivity contribution in [3.05, 3.63) is 0 Å². The average molecular weight is 304 g/mol. The first-order valence-corrected chi connectivity index (χ1v) is 7.10. The van der Waals surface area contributed by atoms with Crippen molar-refractivity contribution in [1.29, 1.82) is 0 Å². The highest BCUT2D eigenvalue weighted by Gasteiger charge is 2.43. The highest BCUT2D eigenvalue weighted by Crippen LogP contribution is 2.29. The van der Waals surface area contributed by atoms with E-state index in [1.807, 2.05) is 11.8 Å². The highest BCUT2D eigenvalue weighted by atomic mass is 35.5. The van der Waals surface area contributed by atoms with Crippen LogP contribution in [-0.4, -0.2) is 60.6 Å². The smallest absolute Gasteiger partial charge is 0.242 e. The maximum absolute atomic E-state index is 12.7. The van der Waals surface area contributed by atoms with Crippen molar-refractivity contribution in [3.8, 4) is 0 Å². The molecule has 0 aromatic rings. The van der Waals surface area contributed by atoms with Crippen LogP contribution in [0, 0.1) is 0 Å². The second-order valence-corrected chi connectivity index (χ2v) is 5.65. The normalized spacial score (nSPS) is 36.9. The van der Waals surface area contributed by atoms with Crippen LogP contribution < -0.4 is 10.6 Å². The fraction of sp³-hybridized carbons (Fsp3) is 0.846. The molecule has 2 N–H and O–H groups in total. The summed E-state index contributed by atoms with van der Waals surface area (Å²) in [6, 6.07) is -0.0548. The lowest BCUT2D eigenvalue weighted by atomic mass is 10.1. The molecule has 3 rings (SSSR count). The van der Waals surface area contributed by atoms with Crippen molar-refractivity contribution < 1.29 is 14.3 Å². The Balaban J connectivity index is 0.00000147. The number of nitrogens with zero attached hydrogens (tertiary/aromatic N) is 1. The average Bonchev–Trinajstić information content (AvgIpc) is 2.70. The largest absolute Gasteiger partial charge is 0.375 e. The Labute approximate surface area is 125 Å². The fourth-order valence-corrected chi connectivity index (χ4v) is 3.41. The predicted molar refractivity (Wildman–Crippen MR) is 75.7 cm³/mol. The van der Waals surface area contributed by atoms with Crippen molar-refractivity contribution in [2.24, 2.45) is 0 Å². The van der Waals surface area contributed by atoms with Gasteiger partial charge in [-0.25, -0.2) is 0 Å². The molecular formula is C13H22ClN3O3. The number of ether oxygens (including phenoxy) is 1. The molecule has 2 amide bonds. The van der Waals surface area contributed by atoms with E-state index < -0.39 is 0 Å². The maximum Gasteiger partial charge on any atom is 0.242 e. The Morgan fingerprint density at radius 2 is 2.10 bits per heavy atom. The van der Waals surface area contributed by atoms with Crippen LogP contribution in [0.5, 0.6) is 0 Å². The van der Waals surface area contributed by atoms with Gasteiger partial charge < -0.3 is 20.3 Å². The molecule has 7 heteroatoms. The van der Waals surface area contributed by atoms with Gasteiger partial charge in [-0.1, -0.05) is 0 Å². The van der Waals surface area contributed by atoms with Crippen molar-refractivity contribution in [3.63, 3.8) is 0 Å². The number of carbonyl (C=O) groups is 2. The molecule has 0 aromatic heterocycles. The summed E-state index contributed by atoms with van der Waals surface area (Å²) >= 11 is 0. The summed E-state index contributed by atoms with van der Waals surface area (Å²) in [4.78, 5) is 26.3. The molecule has 3 saturated heterocycles. The van der Waals surface area contributed by atoms with Crippen molar-refractivity contribution in [1.82, 2.24) is 15.5 Å². The number of hydrogen-bond acceptors (Lipinski definition) is 4. The second-order valence-electron chi connectivity index (χ2n) is 5.65. The summed E-state index contributed by atoms with van der Waals surface area (Å²) < 4.78 is 5.55. The van der Waals surface area contributed by atoms with Gasteiger partial charge in [-0.05, 0) is 19.8 Å². The van der Waals surface area contributed by atoms with Gasteiger partial charge >= 0.3 is 0 Å². The molecule has 2 unspecified atom stereocenters. The second kappa shape index (κ2) is 6.28. The zero-order valence-electron chi connectivity index (χ0n) is 11.6. The minimum atomic E-state index is -0.273. The first kappa shape index (κ1) is 15.5. The molecule has 6 nitrogen and oxygen atoms in total. The minimum absolute atomic E-state index is 0. The molecular weight excluding hydrogens is 282 g/mol. The monoisotopic (exact) mass is 303 g/mol. The summed E-state index contributed by atoms with van der Waals surface area (Å²) in [5, 5.41) is 6.14. The maximum atomic E-state index is 12.7. The van der Waals surface area contributed by atoms with Crippen LogP contribution in [0.25, 0.3) is 0 Å². The van der Waals surface area contributed by atoms with E-state index in [0.717, 1.165) is 12.8 Å². The lowest BCUT2D eigenvalue weighted by Crippen LogP contribution is -2.58. The van der Waals surface area contributed by atoms with Crippen molar-refractivity contribution >= 4 is 24.2 Å². The highest BCUT2D eigenvalue weighted by molar-refractivity contribution is 5.86. The van der Waals surface area contributed by atoms with Gasteiger partial charge in [-0.2, -0.15) is 0 Å². The number of hydrogen-bond donors (Lipinski definition) is 2. The summed E-state index contributed by atoms with van der Waals surface area (Å²) in [7, 11) is 0. The molecule has 0 radical (unpaired) electrons. The number of halogens is 1. The van der Waals surface area contributed by atoms with Gasteiger partial charge in [0.25, 0.3) is 0 Å². The standard InChI is InChI=1S/C13H21N3O3.ClH/c1-8-12(14-4-5-19-8)13(18)16-9-2-3-10(16)7-15-11(17)6-9;/h8-10,12,14H,2-7H2,1H3,(H,15,17);1H/t8-,9?,10?,12+;/m1./s1. The first-order valence-electron chi connectivity index (χ1n) is 7.10. The molecule has 20 heavy (non-hydrogen) atoms. The summed E-state index contributed by atoms with van der Waals surface area (Å²) in [5.41, 5.74) is 0. The Morgan fingerprint density at radius 3 is 2.85 bits per heavy atom. The Kier molecular flexibility index (Phi) is 4.88.